The van der Waals surface area contributed by atoms with Crippen molar-refractivity contribution in [3.63, 3.8) is 0 Å². The van der Waals surface area contributed by atoms with E-state index in [1.165, 1.54) is 58.0 Å². The van der Waals surface area contributed by atoms with E-state index in [-0.39, 0.29) is 18.1 Å². The van der Waals surface area contributed by atoms with Gasteiger partial charge in [0, 0.05) is 6.04 Å². The minimum absolute atomic E-state index is 0.199. The summed E-state index contributed by atoms with van der Waals surface area (Å²) >= 11 is 0. The lowest BCUT2D eigenvalue weighted by Gasteiger charge is -2.48. The standard InChI is InChI=1S/C33H59NO2/c1-8-25-10-12-34(13-11-25)24(7)32-23(6)29(19-27-17-26(9-2)18-30(27)32)33(36)22(5)16-28-21(4)14-20(3)15-31(28)35/h20-26,28-29,31-33,35-36H,8-19H2,1-7H3. The van der Waals surface area contributed by atoms with Crippen molar-refractivity contribution in [2.24, 2.45) is 53.3 Å². The lowest BCUT2D eigenvalue weighted by molar-refractivity contribution is -0.0352. The molecule has 4 rings (SSSR count). The maximum Gasteiger partial charge on any atom is 0.0599 e. The second-order valence-corrected chi connectivity index (χ2v) is 14.2. The number of piperidine rings is 1. The molecule has 208 valence electrons. The normalized spacial score (nSPS) is 41.2. The summed E-state index contributed by atoms with van der Waals surface area (Å²) in [5.74, 6) is 4.95. The van der Waals surface area contributed by atoms with Crippen LogP contribution in [0.25, 0.3) is 0 Å². The van der Waals surface area contributed by atoms with Crippen molar-refractivity contribution in [1.29, 1.82) is 0 Å². The molecule has 11 unspecified atom stereocenters. The first-order valence-electron chi connectivity index (χ1n) is 15.9. The van der Waals surface area contributed by atoms with Gasteiger partial charge in [0.05, 0.1) is 12.2 Å². The number of aliphatic hydroxyl groups excluding tert-OH is 2. The fraction of sp³-hybridized carbons (Fsp3) is 0.939. The van der Waals surface area contributed by atoms with Gasteiger partial charge >= 0.3 is 0 Å². The van der Waals surface area contributed by atoms with Crippen LogP contribution in [0.1, 0.15) is 113 Å². The van der Waals surface area contributed by atoms with Crippen molar-refractivity contribution in [3.05, 3.63) is 11.1 Å². The number of likely N-dealkylation sites (tertiary alicyclic amines) is 1. The Bertz CT molecular complexity index is 728. The molecule has 1 heterocycles. The van der Waals surface area contributed by atoms with E-state index < -0.39 is 0 Å². The molecule has 0 aromatic carbocycles. The molecule has 4 aliphatic rings. The molecule has 1 saturated heterocycles. The maximum absolute atomic E-state index is 11.9. The molecule has 3 heteroatoms. The van der Waals surface area contributed by atoms with E-state index in [9.17, 15) is 10.2 Å². The summed E-state index contributed by atoms with van der Waals surface area (Å²) in [6, 6.07) is 0.574. The molecule has 2 N–H and O–H groups in total. The average Bonchev–Trinajstić information content (AvgIpc) is 3.27. The van der Waals surface area contributed by atoms with Crippen molar-refractivity contribution in [1.82, 2.24) is 4.90 Å². The third kappa shape index (κ3) is 5.94. The van der Waals surface area contributed by atoms with Gasteiger partial charge in [-0.3, -0.25) is 0 Å². The Morgan fingerprint density at radius 1 is 0.917 bits per heavy atom. The molecular formula is C33H59NO2. The van der Waals surface area contributed by atoms with Crippen LogP contribution in [0.4, 0.5) is 0 Å². The number of rotatable bonds is 8. The van der Waals surface area contributed by atoms with E-state index in [1.54, 1.807) is 11.1 Å². The van der Waals surface area contributed by atoms with E-state index in [1.807, 2.05) is 0 Å². The smallest absolute Gasteiger partial charge is 0.0599 e. The van der Waals surface area contributed by atoms with E-state index in [4.69, 9.17) is 0 Å². The lowest BCUT2D eigenvalue weighted by Crippen LogP contribution is -2.49. The number of allylic oxidation sites excluding steroid dienone is 1. The second-order valence-electron chi connectivity index (χ2n) is 14.2. The minimum atomic E-state index is -0.269. The van der Waals surface area contributed by atoms with E-state index in [0.717, 1.165) is 31.1 Å². The molecule has 0 radical (unpaired) electrons. The molecule has 0 aromatic heterocycles. The number of hydrogen-bond acceptors (Lipinski definition) is 3. The largest absolute Gasteiger partial charge is 0.393 e. The molecule has 3 aliphatic carbocycles. The van der Waals surface area contributed by atoms with E-state index in [0.29, 0.717) is 41.5 Å². The van der Waals surface area contributed by atoms with Gasteiger partial charge in [-0.25, -0.2) is 0 Å². The topological polar surface area (TPSA) is 43.7 Å². The predicted molar refractivity (Wildman–Crippen MR) is 152 cm³/mol. The van der Waals surface area contributed by atoms with Gasteiger partial charge in [-0.1, -0.05) is 65.5 Å². The molecule has 3 nitrogen and oxygen atoms in total. The summed E-state index contributed by atoms with van der Waals surface area (Å²) in [6.45, 7) is 19.1. The zero-order valence-corrected chi connectivity index (χ0v) is 24.8. The van der Waals surface area contributed by atoms with Crippen LogP contribution in [0, 0.1) is 53.3 Å². The molecule has 0 bridgehead atoms. The Morgan fingerprint density at radius 2 is 1.58 bits per heavy atom. The highest BCUT2D eigenvalue weighted by molar-refractivity contribution is 5.30. The number of hydrogen-bond donors (Lipinski definition) is 2. The average molecular weight is 502 g/mol. The Kier molecular flexibility index (Phi) is 9.71. The first-order chi connectivity index (χ1) is 17.1. The number of aliphatic hydroxyl groups is 2. The molecule has 36 heavy (non-hydrogen) atoms. The summed E-state index contributed by atoms with van der Waals surface area (Å²) in [7, 11) is 0. The Labute approximate surface area is 223 Å². The summed E-state index contributed by atoms with van der Waals surface area (Å²) < 4.78 is 0. The third-order valence-corrected chi connectivity index (χ3v) is 11.8. The second kappa shape index (κ2) is 12.2. The van der Waals surface area contributed by atoms with Crippen molar-refractivity contribution >= 4 is 0 Å². The van der Waals surface area contributed by atoms with Crippen LogP contribution in [-0.2, 0) is 0 Å². The summed E-state index contributed by atoms with van der Waals surface area (Å²) in [5, 5.41) is 22.8. The highest BCUT2D eigenvalue weighted by Gasteiger charge is 2.46. The van der Waals surface area contributed by atoms with Gasteiger partial charge in [0.1, 0.15) is 0 Å². The number of nitrogens with zero attached hydrogens (tertiary/aromatic N) is 1. The van der Waals surface area contributed by atoms with Crippen LogP contribution in [-0.4, -0.2) is 46.5 Å². The summed E-state index contributed by atoms with van der Waals surface area (Å²) in [5.41, 5.74) is 3.51. The van der Waals surface area contributed by atoms with Crippen molar-refractivity contribution in [2.45, 2.75) is 131 Å². The molecular weight excluding hydrogens is 442 g/mol. The van der Waals surface area contributed by atoms with Crippen LogP contribution in [0.3, 0.4) is 0 Å². The lowest BCUT2D eigenvalue weighted by atomic mass is 9.63. The van der Waals surface area contributed by atoms with Gasteiger partial charge in [0.15, 0.2) is 0 Å². The molecule has 0 aromatic rings. The van der Waals surface area contributed by atoms with Gasteiger partial charge in [-0.2, -0.15) is 0 Å². The summed E-state index contributed by atoms with van der Waals surface area (Å²) in [6.07, 6.45) is 11.7. The Hall–Kier alpha value is -0.380. The van der Waals surface area contributed by atoms with Crippen LogP contribution in [0.5, 0.6) is 0 Å². The monoisotopic (exact) mass is 501 g/mol. The SMILES string of the molecule is CCC1CCN(C(C)C2C3=C(CC(CC)C3)CC(C(O)C(C)CC3C(C)CC(C)CC3O)C2C)CC1. The molecule has 2 fully saturated rings. The molecule has 11 atom stereocenters. The third-order valence-electron chi connectivity index (χ3n) is 11.8. The van der Waals surface area contributed by atoms with Crippen molar-refractivity contribution in [2.75, 3.05) is 13.1 Å². The van der Waals surface area contributed by atoms with Crippen LogP contribution >= 0.6 is 0 Å². The molecule has 1 saturated carbocycles. The van der Waals surface area contributed by atoms with Gasteiger partial charge < -0.3 is 15.1 Å². The zero-order valence-electron chi connectivity index (χ0n) is 24.8. The Morgan fingerprint density at radius 3 is 2.19 bits per heavy atom. The van der Waals surface area contributed by atoms with E-state index in [2.05, 4.69) is 53.4 Å². The highest BCUT2D eigenvalue weighted by atomic mass is 16.3. The first-order valence-corrected chi connectivity index (χ1v) is 15.9. The van der Waals surface area contributed by atoms with E-state index >= 15 is 0 Å². The van der Waals surface area contributed by atoms with Gasteiger partial charge in [-0.05, 0) is 125 Å². The fourth-order valence-electron chi connectivity index (χ4n) is 9.35. The van der Waals surface area contributed by atoms with Gasteiger partial charge in [0.25, 0.3) is 0 Å². The predicted octanol–water partition coefficient (Wildman–Crippen LogP) is 7.32. The van der Waals surface area contributed by atoms with Crippen LogP contribution < -0.4 is 0 Å². The van der Waals surface area contributed by atoms with Gasteiger partial charge in [-0.15, -0.1) is 0 Å². The van der Waals surface area contributed by atoms with Crippen molar-refractivity contribution in [3.8, 4) is 0 Å². The maximum atomic E-state index is 11.9. The zero-order chi connectivity index (χ0) is 26.1. The highest BCUT2D eigenvalue weighted by Crippen LogP contribution is 2.52. The Balaban J connectivity index is 1.50. The minimum Gasteiger partial charge on any atom is -0.393 e. The quantitative estimate of drug-likeness (QED) is 0.343. The van der Waals surface area contributed by atoms with Crippen LogP contribution in [0.15, 0.2) is 11.1 Å². The van der Waals surface area contributed by atoms with Gasteiger partial charge in [0.2, 0.25) is 0 Å². The molecule has 0 amide bonds. The van der Waals surface area contributed by atoms with Crippen LogP contribution in [0.2, 0.25) is 0 Å². The fourth-order valence-corrected chi connectivity index (χ4v) is 9.35. The summed E-state index contributed by atoms with van der Waals surface area (Å²) in [4.78, 5) is 2.80. The molecule has 1 aliphatic heterocycles. The molecule has 0 spiro atoms. The first kappa shape index (κ1) is 28.6. The van der Waals surface area contributed by atoms with Crippen molar-refractivity contribution < 1.29 is 10.2 Å².